The van der Waals surface area contributed by atoms with Crippen molar-refractivity contribution in [3.8, 4) is 0 Å². The number of hydrogen-bond donors (Lipinski definition) is 1. The Morgan fingerprint density at radius 3 is 2.67 bits per heavy atom. The zero-order chi connectivity index (χ0) is 8.98. The average Bonchev–Trinajstić information content (AvgIpc) is 1.93. The van der Waals surface area contributed by atoms with E-state index >= 15 is 0 Å². The summed E-state index contributed by atoms with van der Waals surface area (Å²) < 4.78 is 5.72. The minimum absolute atomic E-state index is 0.231. The first-order chi connectivity index (χ1) is 5.46. The highest BCUT2D eigenvalue weighted by atomic mass is 16.5. The van der Waals surface area contributed by atoms with E-state index in [1.807, 2.05) is 20.8 Å². The Bertz CT molecular complexity index is 242. The van der Waals surface area contributed by atoms with E-state index in [0.717, 1.165) is 18.4 Å². The maximum atomic E-state index is 10.3. The smallest absolute Gasteiger partial charge is 0.114 e. The van der Waals surface area contributed by atoms with E-state index in [2.05, 4.69) is 6.08 Å². The molecular weight excluding hydrogens is 152 g/mol. The van der Waals surface area contributed by atoms with Crippen LogP contribution in [0.1, 0.15) is 33.6 Å². The maximum Gasteiger partial charge on any atom is 0.114 e. The second-order valence-corrected chi connectivity index (χ2v) is 4.42. The SMILES string of the molecule is CC1=C[C@H]2CC[C@]1(O)C(C)(C)O2. The first-order valence-electron chi connectivity index (χ1n) is 4.55. The lowest BCUT2D eigenvalue weighted by molar-refractivity contribution is -0.210. The molecule has 1 aliphatic carbocycles. The van der Waals surface area contributed by atoms with Crippen molar-refractivity contribution in [1.82, 2.24) is 0 Å². The molecule has 68 valence electrons. The van der Waals surface area contributed by atoms with Crippen molar-refractivity contribution in [2.75, 3.05) is 0 Å². The highest BCUT2D eigenvalue weighted by Gasteiger charge is 2.53. The lowest BCUT2D eigenvalue weighted by Gasteiger charge is -2.53. The molecule has 3 aliphatic rings. The highest BCUT2D eigenvalue weighted by Crippen LogP contribution is 2.46. The van der Waals surface area contributed by atoms with Gasteiger partial charge in [-0.1, -0.05) is 6.08 Å². The van der Waals surface area contributed by atoms with Crippen LogP contribution in [0.2, 0.25) is 0 Å². The fourth-order valence-corrected chi connectivity index (χ4v) is 2.39. The molecule has 2 nitrogen and oxygen atoms in total. The van der Waals surface area contributed by atoms with E-state index in [9.17, 15) is 5.11 Å². The molecule has 2 heterocycles. The molecule has 0 saturated carbocycles. The summed E-state index contributed by atoms with van der Waals surface area (Å²) in [5.41, 5.74) is -0.0498. The van der Waals surface area contributed by atoms with E-state index in [1.165, 1.54) is 0 Å². The Hall–Kier alpha value is -0.340. The fraction of sp³-hybridized carbons (Fsp3) is 0.800. The van der Waals surface area contributed by atoms with Crippen molar-refractivity contribution in [3.05, 3.63) is 11.6 Å². The first kappa shape index (κ1) is 8.27. The third-order valence-electron chi connectivity index (χ3n) is 3.32. The van der Waals surface area contributed by atoms with Crippen LogP contribution in [0.15, 0.2) is 11.6 Å². The summed E-state index contributed by atoms with van der Waals surface area (Å²) in [7, 11) is 0. The van der Waals surface area contributed by atoms with Gasteiger partial charge in [0.25, 0.3) is 0 Å². The van der Waals surface area contributed by atoms with Crippen molar-refractivity contribution in [1.29, 1.82) is 0 Å². The molecule has 2 heteroatoms. The van der Waals surface area contributed by atoms with Crippen LogP contribution in [-0.4, -0.2) is 22.4 Å². The zero-order valence-electron chi connectivity index (χ0n) is 7.92. The van der Waals surface area contributed by atoms with Gasteiger partial charge >= 0.3 is 0 Å². The Labute approximate surface area is 73.2 Å². The molecule has 0 spiro atoms. The Morgan fingerprint density at radius 1 is 1.58 bits per heavy atom. The predicted octanol–water partition coefficient (Wildman–Crippen LogP) is 1.64. The summed E-state index contributed by atoms with van der Waals surface area (Å²) in [5.74, 6) is 0. The average molecular weight is 168 g/mol. The molecule has 3 rings (SSSR count). The fourth-order valence-electron chi connectivity index (χ4n) is 2.39. The topological polar surface area (TPSA) is 29.5 Å². The van der Waals surface area contributed by atoms with Crippen molar-refractivity contribution in [3.63, 3.8) is 0 Å². The second kappa shape index (κ2) is 2.12. The normalized spacial score (nSPS) is 44.3. The molecule has 0 radical (unpaired) electrons. The standard InChI is InChI=1S/C10H16O2/c1-7-6-8-4-5-10(7,11)9(2,3)12-8/h6,8,11H,4-5H2,1-3H3/t8-,10-/m1/s1. The van der Waals surface area contributed by atoms with Crippen molar-refractivity contribution in [2.45, 2.75) is 50.9 Å². The highest BCUT2D eigenvalue weighted by molar-refractivity contribution is 5.28. The van der Waals surface area contributed by atoms with Gasteiger partial charge in [-0.15, -0.1) is 0 Å². The van der Waals surface area contributed by atoms with Gasteiger partial charge in [-0.25, -0.2) is 0 Å². The largest absolute Gasteiger partial charge is 0.383 e. The molecule has 2 aliphatic heterocycles. The van der Waals surface area contributed by atoms with Crippen molar-refractivity contribution in [2.24, 2.45) is 0 Å². The van der Waals surface area contributed by atoms with Crippen LogP contribution in [0.4, 0.5) is 0 Å². The molecule has 1 fully saturated rings. The maximum absolute atomic E-state index is 10.3. The minimum atomic E-state index is -0.720. The van der Waals surface area contributed by atoms with Gasteiger partial charge in [-0.2, -0.15) is 0 Å². The van der Waals surface area contributed by atoms with Gasteiger partial charge in [0.05, 0.1) is 11.7 Å². The molecule has 0 aromatic carbocycles. The third kappa shape index (κ3) is 0.824. The second-order valence-electron chi connectivity index (χ2n) is 4.42. The van der Waals surface area contributed by atoms with Crippen LogP contribution in [-0.2, 0) is 4.74 Å². The van der Waals surface area contributed by atoms with Gasteiger partial charge in [-0.05, 0) is 39.2 Å². The molecule has 1 N–H and O–H groups in total. The Kier molecular flexibility index (Phi) is 1.46. The van der Waals surface area contributed by atoms with Gasteiger partial charge in [0.1, 0.15) is 5.60 Å². The summed E-state index contributed by atoms with van der Waals surface area (Å²) in [6, 6.07) is 0. The van der Waals surface area contributed by atoms with Crippen LogP contribution in [0.25, 0.3) is 0 Å². The Balaban J connectivity index is 2.47. The third-order valence-corrected chi connectivity index (χ3v) is 3.32. The molecule has 0 amide bonds. The van der Waals surface area contributed by atoms with E-state index in [1.54, 1.807) is 0 Å². The Morgan fingerprint density at radius 2 is 2.25 bits per heavy atom. The van der Waals surface area contributed by atoms with Gasteiger partial charge in [-0.3, -0.25) is 0 Å². The molecule has 0 aromatic rings. The summed E-state index contributed by atoms with van der Waals surface area (Å²) in [5, 5.41) is 10.3. The van der Waals surface area contributed by atoms with Gasteiger partial charge in [0.15, 0.2) is 0 Å². The lowest BCUT2D eigenvalue weighted by atomic mass is 9.70. The van der Waals surface area contributed by atoms with Crippen LogP contribution < -0.4 is 0 Å². The number of ether oxygens (including phenoxy) is 1. The number of rotatable bonds is 0. The molecule has 12 heavy (non-hydrogen) atoms. The van der Waals surface area contributed by atoms with Crippen molar-refractivity contribution < 1.29 is 9.84 Å². The molecule has 2 bridgehead atoms. The van der Waals surface area contributed by atoms with E-state index in [0.29, 0.717) is 0 Å². The van der Waals surface area contributed by atoms with E-state index in [4.69, 9.17) is 4.74 Å². The number of hydrogen-bond acceptors (Lipinski definition) is 2. The summed E-state index contributed by atoms with van der Waals surface area (Å²) in [6.07, 6.45) is 4.08. The monoisotopic (exact) mass is 168 g/mol. The quantitative estimate of drug-likeness (QED) is 0.557. The van der Waals surface area contributed by atoms with E-state index in [-0.39, 0.29) is 6.10 Å². The molecule has 0 unspecified atom stereocenters. The van der Waals surface area contributed by atoms with Gasteiger partial charge in [0.2, 0.25) is 0 Å². The first-order valence-corrected chi connectivity index (χ1v) is 4.55. The van der Waals surface area contributed by atoms with Crippen LogP contribution >= 0.6 is 0 Å². The summed E-state index contributed by atoms with van der Waals surface area (Å²) in [6.45, 7) is 5.93. The van der Waals surface area contributed by atoms with Gasteiger partial charge < -0.3 is 9.84 Å². The number of aliphatic hydroxyl groups is 1. The molecule has 1 saturated heterocycles. The van der Waals surface area contributed by atoms with Crippen LogP contribution in [0, 0.1) is 0 Å². The predicted molar refractivity (Wildman–Crippen MR) is 46.9 cm³/mol. The zero-order valence-corrected chi connectivity index (χ0v) is 7.92. The lowest BCUT2D eigenvalue weighted by Crippen LogP contribution is -2.60. The van der Waals surface area contributed by atoms with Gasteiger partial charge in [0, 0.05) is 0 Å². The van der Waals surface area contributed by atoms with Crippen LogP contribution in [0.5, 0.6) is 0 Å². The van der Waals surface area contributed by atoms with Crippen molar-refractivity contribution >= 4 is 0 Å². The number of fused-ring (bicyclic) bond motifs is 2. The molecule has 2 atom stereocenters. The van der Waals surface area contributed by atoms with E-state index < -0.39 is 11.2 Å². The molecular formula is C10H16O2. The summed E-state index contributed by atoms with van der Waals surface area (Å²) >= 11 is 0. The molecule has 0 aromatic heterocycles. The summed E-state index contributed by atoms with van der Waals surface area (Å²) in [4.78, 5) is 0. The minimum Gasteiger partial charge on any atom is -0.383 e. The van der Waals surface area contributed by atoms with Crippen LogP contribution in [0.3, 0.4) is 0 Å².